The minimum atomic E-state index is -0.937. The molecule has 7 heteroatoms. The number of carbonyl (C=O) groups excluding carboxylic acids is 3. The zero-order chi connectivity index (χ0) is 18.4. The van der Waals surface area contributed by atoms with Gasteiger partial charge in [-0.25, -0.2) is 14.0 Å². The van der Waals surface area contributed by atoms with Crippen LogP contribution in [0, 0.1) is 12.7 Å². The van der Waals surface area contributed by atoms with E-state index in [9.17, 15) is 18.8 Å². The molecular weight excluding hydrogens is 329 g/mol. The van der Waals surface area contributed by atoms with Gasteiger partial charge in [0.25, 0.3) is 5.91 Å². The number of benzene rings is 2. The number of carbonyl (C=O) groups is 3. The average Bonchev–Trinajstić information content (AvgIpc) is 2.61. The molecule has 1 amide bonds. The number of esters is 2. The van der Waals surface area contributed by atoms with E-state index in [1.165, 1.54) is 31.4 Å². The van der Waals surface area contributed by atoms with Crippen LogP contribution in [-0.2, 0) is 14.3 Å². The van der Waals surface area contributed by atoms with Crippen LogP contribution in [0.2, 0.25) is 0 Å². The maximum absolute atomic E-state index is 13.5. The van der Waals surface area contributed by atoms with Crippen LogP contribution in [-0.4, -0.2) is 31.6 Å². The van der Waals surface area contributed by atoms with Crippen molar-refractivity contribution in [2.75, 3.05) is 19.0 Å². The number of rotatable bonds is 5. The summed E-state index contributed by atoms with van der Waals surface area (Å²) in [6.45, 7) is 1.15. The van der Waals surface area contributed by atoms with Crippen molar-refractivity contribution >= 4 is 23.5 Å². The second-order valence-electron chi connectivity index (χ2n) is 5.13. The lowest BCUT2D eigenvalue weighted by Crippen LogP contribution is -2.22. The van der Waals surface area contributed by atoms with Gasteiger partial charge in [0.15, 0.2) is 6.61 Å². The molecule has 0 saturated heterocycles. The minimum Gasteiger partial charge on any atom is -0.465 e. The molecule has 0 aliphatic carbocycles. The fourth-order valence-electron chi connectivity index (χ4n) is 2.02. The zero-order valence-electron chi connectivity index (χ0n) is 13.7. The highest BCUT2D eigenvalue weighted by Gasteiger charge is 2.15. The lowest BCUT2D eigenvalue weighted by Gasteiger charge is -2.10. The highest BCUT2D eigenvalue weighted by Crippen LogP contribution is 2.17. The average molecular weight is 345 g/mol. The van der Waals surface area contributed by atoms with E-state index in [4.69, 9.17) is 4.74 Å². The van der Waals surface area contributed by atoms with Crippen LogP contribution in [0.5, 0.6) is 0 Å². The molecule has 2 rings (SSSR count). The number of halogens is 1. The summed E-state index contributed by atoms with van der Waals surface area (Å²) >= 11 is 0. The maximum Gasteiger partial charge on any atom is 0.341 e. The SMILES string of the molecule is COC(=O)c1ccc(C)c(NC(=O)COC(=O)c2ccccc2F)c1. The molecule has 0 aliphatic heterocycles. The summed E-state index contributed by atoms with van der Waals surface area (Å²) < 4.78 is 22.9. The molecule has 0 saturated carbocycles. The van der Waals surface area contributed by atoms with Crippen LogP contribution in [0.25, 0.3) is 0 Å². The number of ether oxygens (including phenoxy) is 2. The molecule has 2 aromatic carbocycles. The Kier molecular flexibility index (Phi) is 5.84. The molecule has 0 atom stereocenters. The Balaban J connectivity index is 2.00. The third-order valence-electron chi connectivity index (χ3n) is 3.36. The summed E-state index contributed by atoms with van der Waals surface area (Å²) in [6.07, 6.45) is 0. The molecule has 0 heterocycles. The summed E-state index contributed by atoms with van der Waals surface area (Å²) in [7, 11) is 1.25. The van der Waals surface area contributed by atoms with Crippen LogP contribution in [0.1, 0.15) is 26.3 Å². The predicted octanol–water partition coefficient (Wildman–Crippen LogP) is 2.72. The highest BCUT2D eigenvalue weighted by molar-refractivity contribution is 5.97. The van der Waals surface area contributed by atoms with Gasteiger partial charge in [0.05, 0.1) is 18.2 Å². The van der Waals surface area contributed by atoms with Gasteiger partial charge in [0.2, 0.25) is 0 Å². The van der Waals surface area contributed by atoms with Crippen LogP contribution >= 0.6 is 0 Å². The first kappa shape index (κ1) is 18.1. The van der Waals surface area contributed by atoms with E-state index in [-0.39, 0.29) is 11.1 Å². The molecular formula is C18H16FNO5. The van der Waals surface area contributed by atoms with E-state index in [1.54, 1.807) is 19.1 Å². The van der Waals surface area contributed by atoms with Gasteiger partial charge in [0.1, 0.15) is 5.82 Å². The van der Waals surface area contributed by atoms with Crippen LogP contribution in [0.15, 0.2) is 42.5 Å². The molecule has 0 unspecified atom stereocenters. The quantitative estimate of drug-likeness (QED) is 0.843. The highest BCUT2D eigenvalue weighted by atomic mass is 19.1. The van der Waals surface area contributed by atoms with E-state index >= 15 is 0 Å². The second kappa shape index (κ2) is 8.05. The largest absolute Gasteiger partial charge is 0.465 e. The van der Waals surface area contributed by atoms with Crippen molar-refractivity contribution in [1.29, 1.82) is 0 Å². The molecule has 0 radical (unpaired) electrons. The van der Waals surface area contributed by atoms with Crippen molar-refractivity contribution in [3.05, 3.63) is 65.0 Å². The molecule has 1 N–H and O–H groups in total. The minimum absolute atomic E-state index is 0.251. The smallest absolute Gasteiger partial charge is 0.341 e. The van der Waals surface area contributed by atoms with E-state index in [0.29, 0.717) is 11.3 Å². The van der Waals surface area contributed by atoms with Gasteiger partial charge in [-0.3, -0.25) is 4.79 Å². The van der Waals surface area contributed by atoms with Crippen molar-refractivity contribution in [2.24, 2.45) is 0 Å². The summed E-state index contributed by atoms with van der Waals surface area (Å²) in [4.78, 5) is 35.2. The molecule has 2 aromatic rings. The van der Waals surface area contributed by atoms with Gasteiger partial charge >= 0.3 is 11.9 Å². The van der Waals surface area contributed by atoms with Gasteiger partial charge in [-0.15, -0.1) is 0 Å². The van der Waals surface area contributed by atoms with E-state index < -0.39 is 30.3 Å². The second-order valence-corrected chi connectivity index (χ2v) is 5.13. The number of methoxy groups -OCH3 is 1. The fraction of sp³-hybridized carbons (Fsp3) is 0.167. The van der Waals surface area contributed by atoms with Crippen molar-refractivity contribution < 1.29 is 28.2 Å². The van der Waals surface area contributed by atoms with Crippen molar-refractivity contribution in [1.82, 2.24) is 0 Å². The number of anilines is 1. The first-order valence-electron chi connectivity index (χ1n) is 7.33. The van der Waals surface area contributed by atoms with Crippen LogP contribution in [0.3, 0.4) is 0 Å². The normalized spacial score (nSPS) is 10.0. The standard InChI is InChI=1S/C18H16FNO5/c1-11-7-8-12(17(22)24-2)9-15(11)20-16(21)10-25-18(23)13-5-3-4-6-14(13)19/h3-9H,10H2,1-2H3,(H,20,21). The van der Waals surface area contributed by atoms with E-state index in [1.807, 2.05) is 0 Å². The van der Waals surface area contributed by atoms with E-state index in [2.05, 4.69) is 10.1 Å². The molecule has 6 nitrogen and oxygen atoms in total. The molecule has 0 spiro atoms. The summed E-state index contributed by atoms with van der Waals surface area (Å²) in [5.74, 6) is -2.82. The zero-order valence-corrected chi connectivity index (χ0v) is 13.7. The first-order valence-corrected chi connectivity index (χ1v) is 7.33. The number of hydrogen-bond acceptors (Lipinski definition) is 5. The fourth-order valence-corrected chi connectivity index (χ4v) is 2.02. The molecule has 130 valence electrons. The third kappa shape index (κ3) is 4.63. The molecule has 0 fully saturated rings. The third-order valence-corrected chi connectivity index (χ3v) is 3.36. The van der Waals surface area contributed by atoms with Gasteiger partial charge in [0, 0.05) is 5.69 Å². The van der Waals surface area contributed by atoms with E-state index in [0.717, 1.165) is 6.07 Å². The monoisotopic (exact) mass is 345 g/mol. The lowest BCUT2D eigenvalue weighted by molar-refractivity contribution is -0.119. The number of hydrogen-bond donors (Lipinski definition) is 1. The Morgan fingerprint density at radius 1 is 1.08 bits per heavy atom. The molecule has 25 heavy (non-hydrogen) atoms. The summed E-state index contributed by atoms with van der Waals surface area (Å²) in [6, 6.07) is 9.98. The van der Waals surface area contributed by atoms with Gasteiger partial charge in [-0.2, -0.15) is 0 Å². The molecule has 0 aliphatic rings. The van der Waals surface area contributed by atoms with Crippen LogP contribution in [0.4, 0.5) is 10.1 Å². The summed E-state index contributed by atoms with van der Waals surface area (Å²) in [5.41, 5.74) is 1.11. The van der Waals surface area contributed by atoms with Gasteiger partial charge in [-0.1, -0.05) is 18.2 Å². The topological polar surface area (TPSA) is 81.7 Å². The Labute approximate surface area is 143 Å². The van der Waals surface area contributed by atoms with Crippen molar-refractivity contribution in [3.8, 4) is 0 Å². The number of nitrogens with one attached hydrogen (secondary N) is 1. The lowest BCUT2D eigenvalue weighted by atomic mass is 10.1. The number of aryl methyl sites for hydroxylation is 1. The maximum atomic E-state index is 13.5. The molecule has 0 aromatic heterocycles. The van der Waals surface area contributed by atoms with Gasteiger partial charge in [-0.05, 0) is 36.8 Å². The Hall–Kier alpha value is -3.22. The number of amides is 1. The first-order chi connectivity index (χ1) is 11.9. The predicted molar refractivity (Wildman–Crippen MR) is 87.8 cm³/mol. The van der Waals surface area contributed by atoms with Gasteiger partial charge < -0.3 is 14.8 Å². The molecule has 0 bridgehead atoms. The van der Waals surface area contributed by atoms with Crippen LogP contribution < -0.4 is 5.32 Å². The van der Waals surface area contributed by atoms with Crippen molar-refractivity contribution in [3.63, 3.8) is 0 Å². The Bertz CT molecular complexity index is 819. The summed E-state index contributed by atoms with van der Waals surface area (Å²) in [5, 5.41) is 2.53. The Morgan fingerprint density at radius 3 is 2.48 bits per heavy atom. The van der Waals surface area contributed by atoms with Crippen molar-refractivity contribution in [2.45, 2.75) is 6.92 Å². The Morgan fingerprint density at radius 2 is 1.80 bits per heavy atom.